The average Bonchev–Trinajstić information content (AvgIpc) is 3.24. The van der Waals surface area contributed by atoms with Gasteiger partial charge in [-0.2, -0.15) is 0 Å². The highest BCUT2D eigenvalue weighted by Crippen LogP contribution is 2.20. The van der Waals surface area contributed by atoms with Crippen LogP contribution in [0.2, 0.25) is 0 Å². The van der Waals surface area contributed by atoms with Crippen molar-refractivity contribution in [1.82, 2.24) is 19.9 Å². The van der Waals surface area contributed by atoms with Crippen LogP contribution in [0.4, 0.5) is 0 Å². The van der Waals surface area contributed by atoms with Gasteiger partial charge in [0, 0.05) is 54.3 Å². The van der Waals surface area contributed by atoms with E-state index in [2.05, 4.69) is 29.5 Å². The zero-order valence-electron chi connectivity index (χ0n) is 20.6. The molecule has 0 saturated carbocycles. The normalized spacial score (nSPS) is 12.8. The molecule has 1 amide bonds. The van der Waals surface area contributed by atoms with E-state index < -0.39 is 0 Å². The number of carbonyl (C=O) groups is 2. The Bertz CT molecular complexity index is 1490. The summed E-state index contributed by atoms with van der Waals surface area (Å²) in [7, 11) is 0. The fraction of sp³-hybridized carbons (Fsp3) is 0.129. The lowest BCUT2D eigenvalue weighted by molar-refractivity contribution is -0.123. The maximum Gasteiger partial charge on any atom is 0.251 e. The van der Waals surface area contributed by atoms with E-state index in [9.17, 15) is 9.59 Å². The fourth-order valence-electron chi connectivity index (χ4n) is 4.29. The molecule has 3 heterocycles. The van der Waals surface area contributed by atoms with Crippen LogP contribution in [0, 0.1) is 6.92 Å². The van der Waals surface area contributed by atoms with Crippen molar-refractivity contribution in [2.75, 3.05) is 0 Å². The highest BCUT2D eigenvalue weighted by Gasteiger charge is 2.19. The molecule has 0 saturated heterocycles. The molecular weight excluding hydrogens is 460 g/mol. The minimum absolute atomic E-state index is 0.0412. The number of pyridine rings is 1. The molecule has 0 spiro atoms. The van der Waals surface area contributed by atoms with Gasteiger partial charge in [0.15, 0.2) is 5.78 Å². The average molecular weight is 487 g/mol. The van der Waals surface area contributed by atoms with Crippen molar-refractivity contribution in [2.24, 2.45) is 0 Å². The molecule has 0 fully saturated rings. The van der Waals surface area contributed by atoms with Crippen molar-refractivity contribution in [3.8, 4) is 11.3 Å². The van der Waals surface area contributed by atoms with E-state index in [0.29, 0.717) is 30.6 Å². The Hall–Kier alpha value is -4.71. The van der Waals surface area contributed by atoms with Gasteiger partial charge in [0.1, 0.15) is 5.82 Å². The van der Waals surface area contributed by atoms with Crippen molar-refractivity contribution in [1.29, 1.82) is 0 Å². The van der Waals surface area contributed by atoms with Crippen molar-refractivity contribution in [2.45, 2.75) is 26.3 Å². The number of aryl methyl sites for hydroxylation is 1. The highest BCUT2D eigenvalue weighted by atomic mass is 16.2. The van der Waals surface area contributed by atoms with Gasteiger partial charge in [0.2, 0.25) is 0 Å². The van der Waals surface area contributed by atoms with Crippen molar-refractivity contribution < 1.29 is 9.59 Å². The Morgan fingerprint density at radius 3 is 2.51 bits per heavy atom. The van der Waals surface area contributed by atoms with Crippen LogP contribution in [-0.4, -0.2) is 31.5 Å². The number of hydrogen-bond acceptors (Lipinski definition) is 5. The SMILES string of the molecule is C=C1C=CC(=O)N1Cc1ccc(C(=O)Cc2ccc(C)c(Cc3nccc(-c4cccnc4)n3)c2)cc1. The van der Waals surface area contributed by atoms with Gasteiger partial charge in [-0.3, -0.25) is 14.6 Å². The van der Waals surface area contributed by atoms with E-state index in [1.54, 1.807) is 29.6 Å². The molecule has 2 aromatic heterocycles. The van der Waals surface area contributed by atoms with Gasteiger partial charge >= 0.3 is 0 Å². The lowest BCUT2D eigenvalue weighted by Crippen LogP contribution is -2.22. The number of rotatable bonds is 8. The first-order chi connectivity index (χ1) is 18.0. The molecule has 6 heteroatoms. The quantitative estimate of drug-likeness (QED) is 0.317. The minimum Gasteiger partial charge on any atom is -0.305 e. The number of hydrogen-bond donors (Lipinski definition) is 0. The van der Waals surface area contributed by atoms with E-state index in [4.69, 9.17) is 4.98 Å². The lowest BCUT2D eigenvalue weighted by Gasteiger charge is -2.17. The molecule has 182 valence electrons. The van der Waals surface area contributed by atoms with E-state index in [1.807, 2.05) is 54.6 Å². The number of aromatic nitrogens is 3. The first-order valence-electron chi connectivity index (χ1n) is 12.1. The van der Waals surface area contributed by atoms with E-state index >= 15 is 0 Å². The second kappa shape index (κ2) is 10.5. The van der Waals surface area contributed by atoms with Crippen LogP contribution < -0.4 is 0 Å². The van der Waals surface area contributed by atoms with E-state index in [0.717, 1.165) is 39.3 Å². The summed E-state index contributed by atoms with van der Waals surface area (Å²) in [4.78, 5) is 39.9. The first kappa shape index (κ1) is 24.0. The van der Waals surface area contributed by atoms with E-state index in [1.165, 1.54) is 6.08 Å². The summed E-state index contributed by atoms with van der Waals surface area (Å²) in [6.07, 6.45) is 9.39. The second-order valence-corrected chi connectivity index (χ2v) is 9.08. The standard InChI is InChI=1S/C31H26N4O2/c1-21-5-7-24(16-27(21)18-30-33-15-13-28(34-30)26-4-3-14-32-19-26)17-29(36)25-10-8-23(9-11-25)20-35-22(2)6-12-31(35)37/h3-16,19H,2,17-18,20H2,1H3. The Morgan fingerprint density at radius 2 is 1.78 bits per heavy atom. The number of amides is 1. The summed E-state index contributed by atoms with van der Waals surface area (Å²) in [5, 5.41) is 0. The van der Waals surface area contributed by atoms with Crippen LogP contribution in [0.5, 0.6) is 0 Å². The summed E-state index contributed by atoms with van der Waals surface area (Å²) in [5.41, 5.74) is 7.21. The molecule has 0 atom stereocenters. The molecule has 1 aliphatic rings. The number of allylic oxidation sites excluding steroid dienone is 1. The largest absolute Gasteiger partial charge is 0.305 e. The Balaban J connectivity index is 1.27. The molecule has 0 N–H and O–H groups in total. The first-order valence-corrected chi connectivity index (χ1v) is 12.1. The number of nitrogens with zero attached hydrogens (tertiary/aromatic N) is 4. The van der Waals surface area contributed by atoms with Crippen LogP contribution in [0.1, 0.15) is 38.4 Å². The van der Waals surface area contributed by atoms with Gasteiger partial charge in [0.05, 0.1) is 12.2 Å². The van der Waals surface area contributed by atoms with Gasteiger partial charge in [-0.15, -0.1) is 0 Å². The van der Waals surface area contributed by atoms with Gasteiger partial charge in [-0.25, -0.2) is 9.97 Å². The van der Waals surface area contributed by atoms with Crippen molar-refractivity contribution in [3.63, 3.8) is 0 Å². The predicted molar refractivity (Wildman–Crippen MR) is 143 cm³/mol. The maximum atomic E-state index is 13.0. The zero-order valence-corrected chi connectivity index (χ0v) is 20.6. The molecule has 2 aromatic carbocycles. The van der Waals surface area contributed by atoms with Crippen LogP contribution in [0.3, 0.4) is 0 Å². The van der Waals surface area contributed by atoms with Crippen LogP contribution in [0.15, 0.2) is 104 Å². The van der Waals surface area contributed by atoms with Crippen molar-refractivity contribution in [3.05, 3.63) is 137 Å². The minimum atomic E-state index is -0.0745. The molecule has 0 bridgehead atoms. The third-order valence-electron chi connectivity index (χ3n) is 6.44. The van der Waals surface area contributed by atoms with Crippen LogP contribution in [0.25, 0.3) is 11.3 Å². The molecule has 5 rings (SSSR count). The fourth-order valence-corrected chi connectivity index (χ4v) is 4.29. The highest BCUT2D eigenvalue weighted by molar-refractivity contribution is 5.97. The second-order valence-electron chi connectivity index (χ2n) is 9.08. The summed E-state index contributed by atoms with van der Waals surface area (Å²) < 4.78 is 0. The summed E-state index contributed by atoms with van der Waals surface area (Å²) in [6, 6.07) is 19.3. The number of carbonyl (C=O) groups excluding carboxylic acids is 2. The summed E-state index contributed by atoms with van der Waals surface area (Å²) in [6.45, 7) is 6.38. The number of benzene rings is 2. The Morgan fingerprint density at radius 1 is 0.973 bits per heavy atom. The molecule has 37 heavy (non-hydrogen) atoms. The Kier molecular flexibility index (Phi) is 6.81. The molecule has 4 aromatic rings. The third-order valence-corrected chi connectivity index (χ3v) is 6.44. The molecule has 1 aliphatic heterocycles. The number of ketones is 1. The van der Waals surface area contributed by atoms with E-state index in [-0.39, 0.29) is 11.7 Å². The zero-order chi connectivity index (χ0) is 25.8. The summed E-state index contributed by atoms with van der Waals surface area (Å²) in [5.74, 6) is 0.687. The van der Waals surface area contributed by atoms with Gasteiger partial charge in [-0.05, 0) is 53.5 Å². The smallest absolute Gasteiger partial charge is 0.251 e. The molecular formula is C31H26N4O2. The molecule has 0 aliphatic carbocycles. The Labute approximate surface area is 216 Å². The third kappa shape index (κ3) is 5.59. The molecule has 0 radical (unpaired) electrons. The predicted octanol–water partition coefficient (Wildman–Crippen LogP) is 5.28. The van der Waals surface area contributed by atoms with Crippen molar-refractivity contribution >= 4 is 11.7 Å². The van der Waals surface area contributed by atoms with Crippen LogP contribution in [-0.2, 0) is 24.2 Å². The summed E-state index contributed by atoms with van der Waals surface area (Å²) >= 11 is 0. The van der Waals surface area contributed by atoms with Gasteiger partial charge < -0.3 is 4.90 Å². The molecule has 6 nitrogen and oxygen atoms in total. The van der Waals surface area contributed by atoms with Gasteiger partial charge in [0.25, 0.3) is 5.91 Å². The monoisotopic (exact) mass is 486 g/mol. The molecule has 0 unspecified atom stereocenters. The lowest BCUT2D eigenvalue weighted by atomic mass is 9.97. The van der Waals surface area contributed by atoms with Gasteiger partial charge in [-0.1, -0.05) is 49.0 Å². The van der Waals surface area contributed by atoms with Crippen LogP contribution >= 0.6 is 0 Å². The topological polar surface area (TPSA) is 76.1 Å². The number of Topliss-reactive ketones (excluding diaryl/α,β-unsaturated/α-hetero) is 1. The maximum absolute atomic E-state index is 13.0.